The summed E-state index contributed by atoms with van der Waals surface area (Å²) in [5, 5.41) is 5.99. The lowest BCUT2D eigenvalue weighted by molar-refractivity contribution is 0.207. The van der Waals surface area contributed by atoms with Gasteiger partial charge in [-0.3, -0.25) is 4.68 Å². The molecule has 1 aliphatic heterocycles. The van der Waals surface area contributed by atoms with E-state index < -0.39 is 0 Å². The van der Waals surface area contributed by atoms with E-state index in [0.29, 0.717) is 0 Å². The van der Waals surface area contributed by atoms with Crippen molar-refractivity contribution in [1.29, 1.82) is 0 Å². The molecule has 0 atom stereocenters. The van der Waals surface area contributed by atoms with Gasteiger partial charge in [0.1, 0.15) is 0 Å². The van der Waals surface area contributed by atoms with Gasteiger partial charge in [-0.2, -0.15) is 5.10 Å². The van der Waals surface area contributed by atoms with Crippen LogP contribution in [0.25, 0.3) is 10.9 Å². The predicted octanol–water partition coefficient (Wildman–Crippen LogP) is 3.08. The molecule has 3 rings (SSSR count). The minimum absolute atomic E-state index is 0.875. The van der Waals surface area contributed by atoms with Gasteiger partial charge < -0.3 is 4.90 Å². The lowest BCUT2D eigenvalue weighted by atomic mass is 9.94. The van der Waals surface area contributed by atoms with Crippen LogP contribution in [0.2, 0.25) is 0 Å². The molecule has 1 aromatic carbocycles. The van der Waals surface area contributed by atoms with Crippen LogP contribution in [0.15, 0.2) is 24.3 Å². The van der Waals surface area contributed by atoms with Gasteiger partial charge >= 0.3 is 0 Å². The van der Waals surface area contributed by atoms with E-state index in [1.165, 1.54) is 43.3 Å². The minimum atomic E-state index is 0.875. The van der Waals surface area contributed by atoms with Gasteiger partial charge in [-0.25, -0.2) is 0 Å². The maximum absolute atomic E-state index is 4.70. The summed E-state index contributed by atoms with van der Waals surface area (Å²) < 4.78 is 2.20. The standard InChI is InChI=1S/C16H23N3/c1-13-15-5-3-4-6-16(15)19(17-13)12-9-14-7-10-18(2)11-8-14/h3-6,14H,7-12H2,1-2H3. The first-order valence-corrected chi connectivity index (χ1v) is 7.35. The Morgan fingerprint density at radius 3 is 2.74 bits per heavy atom. The number of hydrogen-bond acceptors (Lipinski definition) is 2. The number of hydrogen-bond donors (Lipinski definition) is 0. The Hall–Kier alpha value is -1.35. The molecule has 0 spiro atoms. The second kappa shape index (κ2) is 5.33. The van der Waals surface area contributed by atoms with Crippen molar-refractivity contribution < 1.29 is 0 Å². The van der Waals surface area contributed by atoms with Crippen molar-refractivity contribution in [2.24, 2.45) is 5.92 Å². The fourth-order valence-corrected chi connectivity index (χ4v) is 3.12. The first-order valence-electron chi connectivity index (χ1n) is 7.35. The van der Waals surface area contributed by atoms with Crippen molar-refractivity contribution >= 4 is 10.9 Å². The van der Waals surface area contributed by atoms with Crippen LogP contribution in [0.1, 0.15) is 25.0 Å². The van der Waals surface area contributed by atoms with Gasteiger partial charge in [0.25, 0.3) is 0 Å². The largest absolute Gasteiger partial charge is 0.306 e. The van der Waals surface area contributed by atoms with E-state index in [-0.39, 0.29) is 0 Å². The van der Waals surface area contributed by atoms with E-state index in [1.807, 2.05) is 0 Å². The summed E-state index contributed by atoms with van der Waals surface area (Å²) >= 11 is 0. The molecule has 0 saturated carbocycles. The molecule has 1 saturated heterocycles. The van der Waals surface area contributed by atoms with Gasteiger partial charge in [-0.05, 0) is 58.3 Å². The third kappa shape index (κ3) is 2.66. The molecule has 3 nitrogen and oxygen atoms in total. The zero-order valence-corrected chi connectivity index (χ0v) is 12.0. The molecule has 102 valence electrons. The number of likely N-dealkylation sites (tertiary alicyclic amines) is 1. The number of piperidine rings is 1. The quantitative estimate of drug-likeness (QED) is 0.842. The SMILES string of the molecule is Cc1nn(CCC2CCN(C)CC2)c2ccccc12. The maximum atomic E-state index is 4.70. The number of aromatic nitrogens is 2. The van der Waals surface area contributed by atoms with Gasteiger partial charge in [0.05, 0.1) is 11.2 Å². The molecule has 0 radical (unpaired) electrons. The van der Waals surface area contributed by atoms with Crippen molar-refractivity contribution in [2.45, 2.75) is 32.7 Å². The minimum Gasteiger partial charge on any atom is -0.306 e. The van der Waals surface area contributed by atoms with Crippen molar-refractivity contribution in [3.8, 4) is 0 Å². The van der Waals surface area contributed by atoms with Crippen LogP contribution >= 0.6 is 0 Å². The van der Waals surface area contributed by atoms with Crippen molar-refractivity contribution in [1.82, 2.24) is 14.7 Å². The van der Waals surface area contributed by atoms with Crippen LogP contribution in [0.5, 0.6) is 0 Å². The maximum Gasteiger partial charge on any atom is 0.0685 e. The highest BCUT2D eigenvalue weighted by molar-refractivity contribution is 5.81. The topological polar surface area (TPSA) is 21.1 Å². The predicted molar refractivity (Wildman–Crippen MR) is 79.3 cm³/mol. The number of benzene rings is 1. The van der Waals surface area contributed by atoms with E-state index in [2.05, 4.69) is 47.8 Å². The van der Waals surface area contributed by atoms with Crippen LogP contribution in [0.4, 0.5) is 0 Å². The van der Waals surface area contributed by atoms with E-state index in [4.69, 9.17) is 5.10 Å². The molecule has 0 bridgehead atoms. The highest BCUT2D eigenvalue weighted by atomic mass is 15.3. The summed E-state index contributed by atoms with van der Waals surface area (Å²) in [7, 11) is 2.22. The van der Waals surface area contributed by atoms with Gasteiger partial charge in [0.15, 0.2) is 0 Å². The zero-order valence-electron chi connectivity index (χ0n) is 12.0. The summed E-state index contributed by atoms with van der Waals surface area (Å²) in [6, 6.07) is 8.56. The first-order chi connectivity index (χ1) is 9.24. The second-order valence-corrected chi connectivity index (χ2v) is 5.86. The number of nitrogens with zero attached hydrogens (tertiary/aromatic N) is 3. The first kappa shape index (κ1) is 12.7. The Labute approximate surface area is 115 Å². The van der Waals surface area contributed by atoms with Crippen molar-refractivity contribution in [3.63, 3.8) is 0 Å². The zero-order chi connectivity index (χ0) is 13.2. The van der Waals surface area contributed by atoms with Crippen LogP contribution in [0, 0.1) is 12.8 Å². The smallest absolute Gasteiger partial charge is 0.0685 e. The Balaban J connectivity index is 1.69. The monoisotopic (exact) mass is 257 g/mol. The van der Waals surface area contributed by atoms with Crippen LogP contribution in [0.3, 0.4) is 0 Å². The van der Waals surface area contributed by atoms with E-state index >= 15 is 0 Å². The van der Waals surface area contributed by atoms with E-state index in [1.54, 1.807) is 0 Å². The normalized spacial score (nSPS) is 18.2. The molecule has 2 heterocycles. The van der Waals surface area contributed by atoms with E-state index in [0.717, 1.165) is 18.2 Å². The summed E-state index contributed by atoms with van der Waals surface area (Å²) in [6.45, 7) is 5.67. The Morgan fingerprint density at radius 2 is 1.95 bits per heavy atom. The van der Waals surface area contributed by atoms with Crippen LogP contribution < -0.4 is 0 Å². The summed E-state index contributed by atoms with van der Waals surface area (Å²) in [5.41, 5.74) is 2.44. The third-order valence-electron chi connectivity index (χ3n) is 4.43. The molecular formula is C16H23N3. The molecule has 3 heteroatoms. The number of rotatable bonds is 3. The molecule has 1 aromatic heterocycles. The summed E-state index contributed by atoms with van der Waals surface area (Å²) in [4.78, 5) is 2.43. The average molecular weight is 257 g/mol. The molecular weight excluding hydrogens is 234 g/mol. The highest BCUT2D eigenvalue weighted by Gasteiger charge is 2.17. The molecule has 1 aliphatic rings. The van der Waals surface area contributed by atoms with Crippen LogP contribution in [-0.2, 0) is 6.54 Å². The fourth-order valence-electron chi connectivity index (χ4n) is 3.12. The molecule has 2 aromatic rings. The summed E-state index contributed by atoms with van der Waals surface area (Å²) in [5.74, 6) is 0.875. The van der Waals surface area contributed by atoms with Crippen molar-refractivity contribution in [2.75, 3.05) is 20.1 Å². The second-order valence-electron chi connectivity index (χ2n) is 5.86. The lowest BCUT2D eigenvalue weighted by Gasteiger charge is -2.28. The molecule has 0 aliphatic carbocycles. The van der Waals surface area contributed by atoms with Gasteiger partial charge in [0, 0.05) is 11.9 Å². The molecule has 0 unspecified atom stereocenters. The third-order valence-corrected chi connectivity index (χ3v) is 4.43. The molecule has 1 fully saturated rings. The fraction of sp³-hybridized carbons (Fsp3) is 0.562. The Kier molecular flexibility index (Phi) is 3.56. The Morgan fingerprint density at radius 1 is 1.21 bits per heavy atom. The van der Waals surface area contributed by atoms with E-state index in [9.17, 15) is 0 Å². The van der Waals surface area contributed by atoms with Gasteiger partial charge in [0.2, 0.25) is 0 Å². The number of para-hydroxylation sites is 1. The highest BCUT2D eigenvalue weighted by Crippen LogP contribution is 2.22. The number of aryl methyl sites for hydroxylation is 2. The molecule has 0 N–H and O–H groups in total. The van der Waals surface area contributed by atoms with Crippen LogP contribution in [-0.4, -0.2) is 34.8 Å². The Bertz CT molecular complexity index is 550. The van der Waals surface area contributed by atoms with Gasteiger partial charge in [-0.15, -0.1) is 0 Å². The average Bonchev–Trinajstić information content (AvgIpc) is 2.76. The number of fused-ring (bicyclic) bond motifs is 1. The van der Waals surface area contributed by atoms with Gasteiger partial charge in [-0.1, -0.05) is 18.2 Å². The molecule has 0 amide bonds. The lowest BCUT2D eigenvalue weighted by Crippen LogP contribution is -2.30. The summed E-state index contributed by atoms with van der Waals surface area (Å²) in [6.07, 6.45) is 3.95. The van der Waals surface area contributed by atoms with Crippen molar-refractivity contribution in [3.05, 3.63) is 30.0 Å². The molecule has 19 heavy (non-hydrogen) atoms.